The van der Waals surface area contributed by atoms with Crippen molar-refractivity contribution in [3.05, 3.63) is 69.9 Å². The number of nitro groups is 1. The van der Waals surface area contributed by atoms with Crippen LogP contribution in [0.5, 0.6) is 0 Å². The molecule has 0 bridgehead atoms. The first-order valence-electron chi connectivity index (χ1n) is 7.79. The van der Waals surface area contributed by atoms with Crippen molar-refractivity contribution in [2.75, 3.05) is 18.0 Å². The molecule has 3 heterocycles. The zero-order chi connectivity index (χ0) is 17.6. The van der Waals surface area contributed by atoms with E-state index in [0.717, 1.165) is 12.8 Å². The molecule has 3 rings (SSSR count). The Kier molecular flexibility index (Phi) is 5.00. The number of aromatic nitrogens is 2. The standard InChI is InChI=1S/C18H15FN4O2/c19-17-7-6-15(13-21-17)4-1-3-14-8-11-22(12-9-14)18-16(23(24)25)5-2-10-20-18/h2-3,5-7,10,13H,8-9,11-12H2. The molecule has 25 heavy (non-hydrogen) atoms. The van der Waals surface area contributed by atoms with Gasteiger partial charge in [-0.05, 0) is 37.1 Å². The third-order valence-electron chi connectivity index (χ3n) is 3.89. The molecule has 2 aromatic heterocycles. The van der Waals surface area contributed by atoms with Gasteiger partial charge in [-0.25, -0.2) is 9.97 Å². The molecule has 1 fully saturated rings. The Labute approximate surface area is 144 Å². The van der Waals surface area contributed by atoms with E-state index in [2.05, 4.69) is 21.8 Å². The van der Waals surface area contributed by atoms with Crippen LogP contribution in [-0.2, 0) is 0 Å². The summed E-state index contributed by atoms with van der Waals surface area (Å²) in [5.41, 5.74) is 1.86. The van der Waals surface area contributed by atoms with Crippen molar-refractivity contribution >= 4 is 11.5 Å². The van der Waals surface area contributed by atoms with Crippen molar-refractivity contribution in [3.8, 4) is 11.8 Å². The maximum atomic E-state index is 12.7. The van der Waals surface area contributed by atoms with Crippen LogP contribution in [0, 0.1) is 27.9 Å². The van der Waals surface area contributed by atoms with E-state index in [1.807, 2.05) is 11.0 Å². The summed E-state index contributed by atoms with van der Waals surface area (Å²) in [5, 5.41) is 11.1. The fraction of sp³-hybridized carbons (Fsp3) is 0.222. The van der Waals surface area contributed by atoms with Crippen molar-refractivity contribution in [2.24, 2.45) is 0 Å². The average molecular weight is 338 g/mol. The molecule has 0 spiro atoms. The molecular weight excluding hydrogens is 323 g/mol. The summed E-state index contributed by atoms with van der Waals surface area (Å²) in [6, 6.07) is 5.89. The van der Waals surface area contributed by atoms with Crippen molar-refractivity contribution < 1.29 is 9.31 Å². The number of anilines is 1. The molecule has 0 N–H and O–H groups in total. The Morgan fingerprint density at radius 2 is 2.04 bits per heavy atom. The molecule has 1 saturated heterocycles. The lowest BCUT2D eigenvalue weighted by molar-refractivity contribution is -0.384. The number of rotatable bonds is 2. The molecule has 0 aromatic carbocycles. The summed E-state index contributed by atoms with van der Waals surface area (Å²) in [7, 11) is 0. The first-order chi connectivity index (χ1) is 12.1. The van der Waals surface area contributed by atoms with E-state index < -0.39 is 10.9 Å². The van der Waals surface area contributed by atoms with Gasteiger partial charge in [0.25, 0.3) is 0 Å². The van der Waals surface area contributed by atoms with Gasteiger partial charge in [-0.15, -0.1) is 0 Å². The Morgan fingerprint density at radius 1 is 1.24 bits per heavy atom. The van der Waals surface area contributed by atoms with Gasteiger partial charge in [-0.1, -0.05) is 17.4 Å². The summed E-state index contributed by atoms with van der Waals surface area (Å²) in [4.78, 5) is 20.3. The number of pyridine rings is 2. The summed E-state index contributed by atoms with van der Waals surface area (Å²) in [5.74, 6) is 5.76. The second-order valence-corrected chi connectivity index (χ2v) is 5.53. The van der Waals surface area contributed by atoms with Crippen LogP contribution >= 0.6 is 0 Å². The SMILES string of the molecule is O=[N+]([O-])c1cccnc1N1CCC(=CC#Cc2ccc(F)nc2)CC1. The second-order valence-electron chi connectivity index (χ2n) is 5.53. The molecular formula is C18H15FN4O2. The molecule has 7 heteroatoms. The molecule has 1 aliphatic heterocycles. The van der Waals surface area contributed by atoms with Gasteiger partial charge in [-0.3, -0.25) is 10.1 Å². The Bertz CT molecular complexity index is 859. The molecule has 0 amide bonds. The zero-order valence-electron chi connectivity index (χ0n) is 13.4. The van der Waals surface area contributed by atoms with E-state index in [1.165, 1.54) is 23.9 Å². The number of hydrogen-bond donors (Lipinski definition) is 0. The van der Waals surface area contributed by atoms with Crippen LogP contribution in [0.2, 0.25) is 0 Å². The van der Waals surface area contributed by atoms with E-state index in [-0.39, 0.29) is 5.69 Å². The third kappa shape index (κ3) is 4.18. The van der Waals surface area contributed by atoms with Gasteiger partial charge in [0.2, 0.25) is 11.8 Å². The molecule has 0 atom stereocenters. The average Bonchev–Trinajstić information content (AvgIpc) is 2.64. The number of piperidine rings is 1. The van der Waals surface area contributed by atoms with E-state index in [9.17, 15) is 14.5 Å². The van der Waals surface area contributed by atoms with Gasteiger partial charge in [0.15, 0.2) is 0 Å². The van der Waals surface area contributed by atoms with Crippen LogP contribution in [0.1, 0.15) is 18.4 Å². The Hall–Kier alpha value is -3.27. The lowest BCUT2D eigenvalue weighted by Crippen LogP contribution is -2.31. The number of halogens is 1. The highest BCUT2D eigenvalue weighted by atomic mass is 19.1. The molecule has 1 aliphatic rings. The normalized spacial score (nSPS) is 13.8. The van der Waals surface area contributed by atoms with Crippen molar-refractivity contribution in [1.82, 2.24) is 9.97 Å². The largest absolute Gasteiger partial charge is 0.350 e. The fourth-order valence-electron chi connectivity index (χ4n) is 2.60. The van der Waals surface area contributed by atoms with Crippen LogP contribution in [0.25, 0.3) is 0 Å². The minimum absolute atomic E-state index is 0.0264. The van der Waals surface area contributed by atoms with Crippen LogP contribution in [0.15, 0.2) is 48.3 Å². The second kappa shape index (κ2) is 7.53. The highest BCUT2D eigenvalue weighted by molar-refractivity contribution is 5.57. The number of allylic oxidation sites excluding steroid dienone is 1. The maximum absolute atomic E-state index is 12.7. The van der Waals surface area contributed by atoms with Gasteiger partial charge < -0.3 is 4.90 Å². The molecule has 0 saturated carbocycles. The quantitative estimate of drug-likeness (QED) is 0.364. The van der Waals surface area contributed by atoms with Crippen LogP contribution < -0.4 is 4.90 Å². The van der Waals surface area contributed by atoms with Crippen molar-refractivity contribution in [3.63, 3.8) is 0 Å². The maximum Gasteiger partial charge on any atom is 0.311 e. The lowest BCUT2D eigenvalue weighted by atomic mass is 10.0. The Balaban J connectivity index is 1.64. The summed E-state index contributed by atoms with van der Waals surface area (Å²) in [6.07, 6.45) is 6.35. The third-order valence-corrected chi connectivity index (χ3v) is 3.89. The molecule has 0 aliphatic carbocycles. The monoisotopic (exact) mass is 338 g/mol. The molecule has 2 aromatic rings. The molecule has 126 valence electrons. The summed E-state index contributed by atoms with van der Waals surface area (Å²) < 4.78 is 12.7. The van der Waals surface area contributed by atoms with Gasteiger partial charge in [-0.2, -0.15) is 4.39 Å². The fourth-order valence-corrected chi connectivity index (χ4v) is 2.60. The zero-order valence-corrected chi connectivity index (χ0v) is 13.4. The van der Waals surface area contributed by atoms with Crippen LogP contribution in [0.3, 0.4) is 0 Å². The van der Waals surface area contributed by atoms with Gasteiger partial charge in [0, 0.05) is 37.1 Å². The van der Waals surface area contributed by atoms with Gasteiger partial charge in [0.1, 0.15) is 0 Å². The topological polar surface area (TPSA) is 72.2 Å². The van der Waals surface area contributed by atoms with Crippen LogP contribution in [-0.4, -0.2) is 28.0 Å². The van der Waals surface area contributed by atoms with Gasteiger partial charge >= 0.3 is 5.69 Å². The van der Waals surface area contributed by atoms with Crippen molar-refractivity contribution in [2.45, 2.75) is 12.8 Å². The van der Waals surface area contributed by atoms with Gasteiger partial charge in [0.05, 0.1) is 4.92 Å². The van der Waals surface area contributed by atoms with E-state index >= 15 is 0 Å². The van der Waals surface area contributed by atoms with Crippen molar-refractivity contribution in [1.29, 1.82) is 0 Å². The Morgan fingerprint density at radius 3 is 2.72 bits per heavy atom. The highest BCUT2D eigenvalue weighted by Crippen LogP contribution is 2.28. The first-order valence-corrected chi connectivity index (χ1v) is 7.79. The molecule has 0 unspecified atom stereocenters. The lowest BCUT2D eigenvalue weighted by Gasteiger charge is -2.28. The molecule has 0 radical (unpaired) electrons. The molecule has 6 nitrogen and oxygen atoms in total. The smallest absolute Gasteiger partial charge is 0.311 e. The minimum atomic E-state index is -0.528. The summed E-state index contributed by atoms with van der Waals surface area (Å²) >= 11 is 0. The number of nitrogens with zero attached hydrogens (tertiary/aromatic N) is 4. The predicted molar refractivity (Wildman–Crippen MR) is 91.5 cm³/mol. The minimum Gasteiger partial charge on any atom is -0.350 e. The summed E-state index contributed by atoms with van der Waals surface area (Å²) in [6.45, 7) is 1.31. The van der Waals surface area contributed by atoms with E-state index in [4.69, 9.17) is 0 Å². The first kappa shape index (κ1) is 16.6. The predicted octanol–water partition coefficient (Wildman–Crippen LogP) is 3.10. The van der Waals surface area contributed by atoms with E-state index in [1.54, 1.807) is 18.3 Å². The number of hydrogen-bond acceptors (Lipinski definition) is 5. The highest BCUT2D eigenvalue weighted by Gasteiger charge is 2.23. The van der Waals surface area contributed by atoms with E-state index in [0.29, 0.717) is 24.5 Å². The van der Waals surface area contributed by atoms with Crippen LogP contribution in [0.4, 0.5) is 15.9 Å².